The van der Waals surface area contributed by atoms with Crippen molar-refractivity contribution in [3.8, 4) is 0 Å². The van der Waals surface area contributed by atoms with Crippen LogP contribution in [0, 0.1) is 5.92 Å². The van der Waals surface area contributed by atoms with Crippen LogP contribution in [-0.4, -0.2) is 38.0 Å². The third-order valence-electron chi connectivity index (χ3n) is 4.43. The molecule has 0 bridgehead atoms. The zero-order valence-corrected chi connectivity index (χ0v) is 14.1. The lowest BCUT2D eigenvalue weighted by Gasteiger charge is -2.37. The minimum Gasteiger partial charge on any atom is -0.358 e. The average Bonchev–Trinajstić information content (AvgIpc) is 2.46. The summed E-state index contributed by atoms with van der Waals surface area (Å²) in [5, 5.41) is 0. The molecule has 1 fully saturated rings. The van der Waals surface area contributed by atoms with Gasteiger partial charge in [0, 0.05) is 19.0 Å². The lowest BCUT2D eigenvalue weighted by molar-refractivity contribution is 0.366. The molecular weight excluding hydrogens is 296 g/mol. The summed E-state index contributed by atoms with van der Waals surface area (Å²) in [5.74, 6) is 1.67. The second-order valence-electron chi connectivity index (χ2n) is 6.76. The van der Waals surface area contributed by atoms with E-state index in [-0.39, 0.29) is 11.7 Å². The van der Waals surface area contributed by atoms with Crippen LogP contribution in [0.1, 0.15) is 43.7 Å². The van der Waals surface area contributed by atoms with Gasteiger partial charge in [0.05, 0.1) is 5.75 Å². The molecule has 1 unspecified atom stereocenters. The summed E-state index contributed by atoms with van der Waals surface area (Å²) in [7, 11) is -3.27. The molecule has 0 saturated carbocycles. The summed E-state index contributed by atoms with van der Waals surface area (Å²) >= 11 is 0. The van der Waals surface area contributed by atoms with Gasteiger partial charge in [-0.15, -0.1) is 4.40 Å². The Balaban J connectivity index is 1.88. The van der Waals surface area contributed by atoms with Crippen molar-refractivity contribution < 1.29 is 8.42 Å². The molecular formula is C17H24N2O2S. The van der Waals surface area contributed by atoms with Crippen LogP contribution in [0.5, 0.6) is 0 Å². The monoisotopic (exact) mass is 320 g/mol. The Morgan fingerprint density at radius 2 is 1.95 bits per heavy atom. The maximum Gasteiger partial charge on any atom is 0.256 e. The van der Waals surface area contributed by atoms with Gasteiger partial charge in [0.25, 0.3) is 10.0 Å². The molecule has 3 rings (SSSR count). The highest BCUT2D eigenvalue weighted by Gasteiger charge is 2.33. The third kappa shape index (κ3) is 3.35. The fourth-order valence-corrected chi connectivity index (χ4v) is 4.45. The first-order chi connectivity index (χ1) is 10.4. The van der Waals surface area contributed by atoms with Crippen molar-refractivity contribution in [2.45, 2.75) is 39.0 Å². The topological polar surface area (TPSA) is 49.7 Å². The minimum absolute atomic E-state index is 0.122. The number of fused-ring (bicyclic) bond motifs is 1. The van der Waals surface area contributed by atoms with Crippen molar-refractivity contribution >= 4 is 15.9 Å². The molecule has 2 aliphatic rings. The fourth-order valence-electron chi connectivity index (χ4n) is 3.38. The van der Waals surface area contributed by atoms with Crippen LogP contribution < -0.4 is 0 Å². The minimum atomic E-state index is -3.27. The lowest BCUT2D eigenvalue weighted by atomic mass is 9.88. The summed E-state index contributed by atoms with van der Waals surface area (Å²) in [6.45, 7) is 5.95. The van der Waals surface area contributed by atoms with Crippen molar-refractivity contribution in [3.63, 3.8) is 0 Å². The first-order valence-corrected chi connectivity index (χ1v) is 9.72. The molecule has 1 aromatic rings. The molecule has 2 heterocycles. The third-order valence-corrected chi connectivity index (χ3v) is 5.60. The van der Waals surface area contributed by atoms with Gasteiger partial charge < -0.3 is 4.90 Å². The van der Waals surface area contributed by atoms with E-state index in [2.05, 4.69) is 47.4 Å². The van der Waals surface area contributed by atoms with Gasteiger partial charge >= 0.3 is 0 Å². The van der Waals surface area contributed by atoms with Crippen LogP contribution in [-0.2, 0) is 16.4 Å². The number of benzene rings is 1. The SMILES string of the molecule is CC(C)Cc1ccc(C2CCCN3CCS(=O)(=O)N=C23)cc1. The van der Waals surface area contributed by atoms with Crippen molar-refractivity contribution in [1.82, 2.24) is 4.90 Å². The normalized spacial score (nSPS) is 24.0. The number of rotatable bonds is 3. The Hall–Kier alpha value is -1.36. The van der Waals surface area contributed by atoms with Crippen molar-refractivity contribution in [2.24, 2.45) is 10.3 Å². The smallest absolute Gasteiger partial charge is 0.256 e. The number of nitrogens with zero attached hydrogens (tertiary/aromatic N) is 2. The van der Waals surface area contributed by atoms with Crippen molar-refractivity contribution in [3.05, 3.63) is 35.4 Å². The van der Waals surface area contributed by atoms with Crippen LogP contribution in [0.3, 0.4) is 0 Å². The molecule has 0 N–H and O–H groups in total. The number of amidine groups is 1. The zero-order chi connectivity index (χ0) is 15.7. The molecule has 0 radical (unpaired) electrons. The average molecular weight is 320 g/mol. The first-order valence-electron chi connectivity index (χ1n) is 8.11. The number of hydrogen-bond acceptors (Lipinski definition) is 3. The molecule has 120 valence electrons. The molecule has 1 saturated heterocycles. The van der Waals surface area contributed by atoms with E-state index in [0.29, 0.717) is 12.5 Å². The highest BCUT2D eigenvalue weighted by Crippen LogP contribution is 2.31. The Bertz CT molecular complexity index is 662. The van der Waals surface area contributed by atoms with Gasteiger partial charge in [0.1, 0.15) is 5.84 Å². The lowest BCUT2D eigenvalue weighted by Crippen LogP contribution is -2.46. The van der Waals surface area contributed by atoms with E-state index < -0.39 is 10.0 Å². The summed E-state index contributed by atoms with van der Waals surface area (Å²) < 4.78 is 27.8. The molecule has 0 amide bonds. The summed E-state index contributed by atoms with van der Waals surface area (Å²) in [5.41, 5.74) is 2.53. The van der Waals surface area contributed by atoms with Crippen LogP contribution in [0.4, 0.5) is 0 Å². The zero-order valence-electron chi connectivity index (χ0n) is 13.3. The van der Waals surface area contributed by atoms with E-state index in [1.165, 1.54) is 11.1 Å². The first kappa shape index (κ1) is 15.5. The van der Waals surface area contributed by atoms with Gasteiger partial charge in [0.15, 0.2) is 0 Å². The van der Waals surface area contributed by atoms with E-state index in [4.69, 9.17) is 0 Å². The summed E-state index contributed by atoms with van der Waals surface area (Å²) in [6, 6.07) is 8.64. The predicted molar refractivity (Wildman–Crippen MR) is 89.8 cm³/mol. The molecule has 5 heteroatoms. The van der Waals surface area contributed by atoms with Crippen LogP contribution in [0.25, 0.3) is 0 Å². The highest BCUT2D eigenvalue weighted by molar-refractivity contribution is 7.90. The molecule has 0 aromatic heterocycles. The van der Waals surface area contributed by atoms with E-state index >= 15 is 0 Å². The quantitative estimate of drug-likeness (QED) is 0.860. The van der Waals surface area contributed by atoms with Crippen molar-refractivity contribution in [2.75, 3.05) is 18.8 Å². The van der Waals surface area contributed by atoms with Gasteiger partial charge in [-0.1, -0.05) is 38.1 Å². The maximum atomic E-state index is 11.8. The van der Waals surface area contributed by atoms with Gasteiger partial charge in [-0.3, -0.25) is 0 Å². The highest BCUT2D eigenvalue weighted by atomic mass is 32.2. The second kappa shape index (κ2) is 6.03. The van der Waals surface area contributed by atoms with Gasteiger partial charge in [-0.2, -0.15) is 0 Å². The maximum absolute atomic E-state index is 11.8. The summed E-state index contributed by atoms with van der Waals surface area (Å²) in [4.78, 5) is 2.15. The molecule has 0 aliphatic carbocycles. The Kier molecular flexibility index (Phi) is 4.26. The van der Waals surface area contributed by atoms with Gasteiger partial charge in [-0.25, -0.2) is 8.42 Å². The van der Waals surface area contributed by atoms with E-state index in [0.717, 1.165) is 31.6 Å². The Morgan fingerprint density at radius 3 is 2.64 bits per heavy atom. The number of sulfonamides is 1. The second-order valence-corrected chi connectivity index (χ2v) is 8.51. The van der Waals surface area contributed by atoms with Crippen LogP contribution >= 0.6 is 0 Å². The largest absolute Gasteiger partial charge is 0.358 e. The molecule has 22 heavy (non-hydrogen) atoms. The Morgan fingerprint density at radius 1 is 1.23 bits per heavy atom. The predicted octanol–water partition coefficient (Wildman–Crippen LogP) is 2.81. The fraction of sp³-hybridized carbons (Fsp3) is 0.588. The van der Waals surface area contributed by atoms with Crippen LogP contribution in [0.15, 0.2) is 28.7 Å². The molecule has 2 aliphatic heterocycles. The van der Waals surface area contributed by atoms with Crippen molar-refractivity contribution in [1.29, 1.82) is 0 Å². The summed E-state index contributed by atoms with van der Waals surface area (Å²) in [6.07, 6.45) is 3.15. The molecule has 1 aromatic carbocycles. The molecule has 1 atom stereocenters. The number of piperidine rings is 1. The van der Waals surface area contributed by atoms with Gasteiger partial charge in [0.2, 0.25) is 0 Å². The van der Waals surface area contributed by atoms with E-state index in [1.54, 1.807) is 0 Å². The Labute approximate surface area is 133 Å². The number of hydrogen-bond donors (Lipinski definition) is 0. The molecule has 0 spiro atoms. The standard InChI is InChI=1S/C17H24N2O2S/c1-13(2)12-14-5-7-15(8-6-14)16-4-3-9-19-10-11-22(20,21)18-17(16)19/h5-8,13,16H,3-4,9-12H2,1-2H3. The van der Waals surface area contributed by atoms with Crippen LogP contribution in [0.2, 0.25) is 0 Å². The molecule has 4 nitrogen and oxygen atoms in total. The van der Waals surface area contributed by atoms with E-state index in [1.807, 2.05) is 0 Å². The van der Waals surface area contributed by atoms with Gasteiger partial charge in [-0.05, 0) is 36.3 Å². The van der Waals surface area contributed by atoms with E-state index in [9.17, 15) is 8.42 Å².